The zero-order valence-electron chi connectivity index (χ0n) is 11.0. The average molecular weight is 332 g/mol. The topological polar surface area (TPSA) is 69.6 Å². The van der Waals surface area contributed by atoms with Gasteiger partial charge in [0.05, 0.1) is 16.9 Å². The van der Waals surface area contributed by atoms with Crippen molar-refractivity contribution in [1.82, 2.24) is 20.0 Å². The van der Waals surface area contributed by atoms with Crippen molar-refractivity contribution in [2.75, 3.05) is 5.73 Å². The van der Waals surface area contributed by atoms with E-state index in [1.807, 2.05) is 24.3 Å². The highest BCUT2D eigenvalue weighted by Crippen LogP contribution is 2.25. The van der Waals surface area contributed by atoms with Crippen LogP contribution in [0.2, 0.25) is 0 Å². The van der Waals surface area contributed by atoms with Crippen molar-refractivity contribution in [3.8, 4) is 5.69 Å². The third-order valence-corrected chi connectivity index (χ3v) is 3.60. The first-order valence-corrected chi connectivity index (χ1v) is 7.24. The Morgan fingerprint density at radius 1 is 1.35 bits per heavy atom. The maximum absolute atomic E-state index is 5.91. The van der Waals surface area contributed by atoms with E-state index < -0.39 is 0 Å². The second-order valence-corrected chi connectivity index (χ2v) is 5.50. The van der Waals surface area contributed by atoms with Crippen LogP contribution >= 0.6 is 15.9 Å². The minimum absolute atomic E-state index is 0.487. The predicted octanol–water partition coefficient (Wildman–Crippen LogP) is 3.11. The molecule has 1 aromatic carbocycles. The fraction of sp³-hybridized carbons (Fsp3) is 0.214. The van der Waals surface area contributed by atoms with Crippen LogP contribution in [0.1, 0.15) is 19.0 Å². The molecule has 20 heavy (non-hydrogen) atoms. The number of benzene rings is 1. The average Bonchev–Trinajstić information content (AvgIpc) is 2.80. The highest BCUT2D eigenvalue weighted by atomic mass is 79.9. The SMILES string of the molecule is CCCc1c(N)nnn1-c1cccc2cc(Br)cnc12. The van der Waals surface area contributed by atoms with E-state index in [2.05, 4.69) is 38.1 Å². The maximum atomic E-state index is 5.91. The number of nitrogens with two attached hydrogens (primary N) is 1. The van der Waals surface area contributed by atoms with Crippen LogP contribution in [0, 0.1) is 0 Å². The van der Waals surface area contributed by atoms with Gasteiger partial charge in [-0.1, -0.05) is 30.7 Å². The van der Waals surface area contributed by atoms with Crippen LogP contribution in [0.3, 0.4) is 0 Å². The van der Waals surface area contributed by atoms with Gasteiger partial charge in [0.1, 0.15) is 0 Å². The number of nitrogen functional groups attached to an aromatic ring is 1. The van der Waals surface area contributed by atoms with Crippen LogP contribution in [-0.2, 0) is 6.42 Å². The van der Waals surface area contributed by atoms with Crippen LogP contribution in [-0.4, -0.2) is 20.0 Å². The second-order valence-electron chi connectivity index (χ2n) is 4.59. The molecule has 6 heteroatoms. The molecule has 102 valence electrons. The third kappa shape index (κ3) is 2.16. The van der Waals surface area contributed by atoms with Crippen LogP contribution < -0.4 is 5.73 Å². The van der Waals surface area contributed by atoms with E-state index in [-0.39, 0.29) is 0 Å². The molecule has 0 aliphatic carbocycles. The number of fused-ring (bicyclic) bond motifs is 1. The molecule has 0 aliphatic rings. The summed E-state index contributed by atoms with van der Waals surface area (Å²) >= 11 is 3.44. The fourth-order valence-corrected chi connectivity index (χ4v) is 2.62. The summed E-state index contributed by atoms with van der Waals surface area (Å²) in [5.74, 6) is 0.487. The number of halogens is 1. The quantitative estimate of drug-likeness (QED) is 0.800. The Morgan fingerprint density at radius 2 is 2.20 bits per heavy atom. The van der Waals surface area contributed by atoms with E-state index in [4.69, 9.17) is 5.73 Å². The molecule has 0 radical (unpaired) electrons. The van der Waals surface area contributed by atoms with Gasteiger partial charge >= 0.3 is 0 Å². The number of nitrogens with zero attached hydrogens (tertiary/aromatic N) is 4. The third-order valence-electron chi connectivity index (χ3n) is 3.16. The highest BCUT2D eigenvalue weighted by molar-refractivity contribution is 9.10. The van der Waals surface area contributed by atoms with Gasteiger partial charge in [-0.2, -0.15) is 0 Å². The van der Waals surface area contributed by atoms with Gasteiger partial charge in [0, 0.05) is 16.1 Å². The molecule has 0 amide bonds. The van der Waals surface area contributed by atoms with Crippen molar-refractivity contribution in [1.29, 1.82) is 0 Å². The molecule has 0 saturated heterocycles. The normalized spacial score (nSPS) is 11.1. The lowest BCUT2D eigenvalue weighted by molar-refractivity contribution is 0.748. The standard InChI is InChI=1S/C14H14BrN5/c1-2-4-12-14(16)18-19-20(12)11-6-3-5-9-7-10(15)8-17-13(9)11/h3,5-8H,2,4,16H2,1H3. The van der Waals surface area contributed by atoms with Crippen molar-refractivity contribution in [3.05, 3.63) is 40.6 Å². The lowest BCUT2D eigenvalue weighted by Crippen LogP contribution is -2.05. The number of hydrogen-bond acceptors (Lipinski definition) is 4. The van der Waals surface area contributed by atoms with E-state index >= 15 is 0 Å². The Labute approximate surface area is 124 Å². The molecule has 3 rings (SSSR count). The molecule has 0 spiro atoms. The zero-order valence-corrected chi connectivity index (χ0v) is 12.6. The Bertz CT molecular complexity index is 765. The van der Waals surface area contributed by atoms with Gasteiger partial charge in [-0.15, -0.1) is 5.10 Å². The summed E-state index contributed by atoms with van der Waals surface area (Å²) in [6.45, 7) is 2.11. The first-order chi connectivity index (χ1) is 9.70. The van der Waals surface area contributed by atoms with E-state index in [9.17, 15) is 0 Å². The number of hydrogen-bond donors (Lipinski definition) is 1. The summed E-state index contributed by atoms with van der Waals surface area (Å²) in [6, 6.07) is 8.03. The molecule has 2 aromatic heterocycles. The van der Waals surface area contributed by atoms with E-state index in [0.29, 0.717) is 5.82 Å². The number of anilines is 1. The fourth-order valence-electron chi connectivity index (χ4n) is 2.27. The van der Waals surface area contributed by atoms with Gasteiger partial charge in [0.15, 0.2) is 5.82 Å². The van der Waals surface area contributed by atoms with Gasteiger partial charge in [-0.05, 0) is 34.5 Å². The summed E-state index contributed by atoms with van der Waals surface area (Å²) in [5, 5.41) is 9.21. The molecule has 0 aliphatic heterocycles. The molecule has 0 fully saturated rings. The lowest BCUT2D eigenvalue weighted by atomic mass is 10.2. The molecular formula is C14H14BrN5. The Hall–Kier alpha value is -1.95. The van der Waals surface area contributed by atoms with Gasteiger partial charge in [-0.25, -0.2) is 4.68 Å². The van der Waals surface area contributed by atoms with Crippen LogP contribution in [0.4, 0.5) is 5.82 Å². The van der Waals surface area contributed by atoms with Gasteiger partial charge in [0.2, 0.25) is 0 Å². The number of para-hydroxylation sites is 1. The van der Waals surface area contributed by atoms with Crippen LogP contribution in [0.5, 0.6) is 0 Å². The minimum Gasteiger partial charge on any atom is -0.381 e. The van der Waals surface area contributed by atoms with Crippen LogP contribution in [0.15, 0.2) is 34.9 Å². The molecule has 0 saturated carbocycles. The second kappa shape index (κ2) is 5.20. The van der Waals surface area contributed by atoms with Crippen molar-refractivity contribution >= 4 is 32.7 Å². The Morgan fingerprint density at radius 3 is 3.00 bits per heavy atom. The minimum atomic E-state index is 0.487. The lowest BCUT2D eigenvalue weighted by Gasteiger charge is -2.08. The highest BCUT2D eigenvalue weighted by Gasteiger charge is 2.13. The largest absolute Gasteiger partial charge is 0.381 e. The van der Waals surface area contributed by atoms with E-state index in [1.54, 1.807) is 10.9 Å². The monoisotopic (exact) mass is 331 g/mol. The Balaban J connectivity index is 2.24. The Kier molecular flexibility index (Phi) is 3.40. The molecule has 3 aromatic rings. The maximum Gasteiger partial charge on any atom is 0.169 e. The summed E-state index contributed by atoms with van der Waals surface area (Å²) in [7, 11) is 0. The summed E-state index contributed by atoms with van der Waals surface area (Å²) in [4.78, 5) is 4.49. The smallest absolute Gasteiger partial charge is 0.169 e. The van der Waals surface area contributed by atoms with E-state index in [0.717, 1.165) is 39.6 Å². The molecule has 2 N–H and O–H groups in total. The van der Waals surface area contributed by atoms with Gasteiger partial charge in [-0.3, -0.25) is 4.98 Å². The van der Waals surface area contributed by atoms with Crippen molar-refractivity contribution < 1.29 is 0 Å². The summed E-state index contributed by atoms with van der Waals surface area (Å²) < 4.78 is 2.75. The molecule has 0 bridgehead atoms. The molecule has 2 heterocycles. The number of aromatic nitrogens is 4. The molecule has 0 unspecified atom stereocenters. The van der Waals surface area contributed by atoms with Gasteiger partial charge < -0.3 is 5.73 Å². The van der Waals surface area contributed by atoms with E-state index in [1.165, 1.54) is 0 Å². The van der Waals surface area contributed by atoms with Crippen LogP contribution in [0.25, 0.3) is 16.6 Å². The number of pyridine rings is 1. The first-order valence-electron chi connectivity index (χ1n) is 6.45. The molecule has 0 atom stereocenters. The predicted molar refractivity (Wildman–Crippen MR) is 82.8 cm³/mol. The van der Waals surface area contributed by atoms with Crippen molar-refractivity contribution in [3.63, 3.8) is 0 Å². The number of rotatable bonds is 3. The zero-order chi connectivity index (χ0) is 14.1. The van der Waals surface area contributed by atoms with Crippen molar-refractivity contribution in [2.45, 2.75) is 19.8 Å². The first kappa shape index (κ1) is 13.1. The van der Waals surface area contributed by atoms with Crippen molar-refractivity contribution in [2.24, 2.45) is 0 Å². The van der Waals surface area contributed by atoms with Gasteiger partial charge in [0.25, 0.3) is 0 Å². The molecular weight excluding hydrogens is 318 g/mol. The summed E-state index contributed by atoms with van der Waals surface area (Å²) in [5.41, 5.74) is 8.64. The molecule has 5 nitrogen and oxygen atoms in total. The summed E-state index contributed by atoms with van der Waals surface area (Å²) in [6.07, 6.45) is 3.61.